The third kappa shape index (κ3) is 3.67. The lowest BCUT2D eigenvalue weighted by molar-refractivity contribution is -0.116. The van der Waals surface area contributed by atoms with Crippen molar-refractivity contribution < 1.29 is 18.1 Å². The molecule has 1 N–H and O–H groups in total. The van der Waals surface area contributed by atoms with Crippen LogP contribution in [-0.2, 0) is 11.3 Å². The van der Waals surface area contributed by atoms with E-state index in [0.717, 1.165) is 5.56 Å². The number of benzene rings is 1. The van der Waals surface area contributed by atoms with Gasteiger partial charge in [0.15, 0.2) is 5.82 Å². The summed E-state index contributed by atoms with van der Waals surface area (Å²) in [6.07, 6.45) is 1.22. The first-order valence-electron chi connectivity index (χ1n) is 7.68. The predicted molar refractivity (Wildman–Crippen MR) is 83.3 cm³/mol. The van der Waals surface area contributed by atoms with Crippen molar-refractivity contribution in [3.8, 4) is 11.5 Å². The molecule has 0 radical (unpaired) electrons. The van der Waals surface area contributed by atoms with E-state index in [1.54, 1.807) is 12.1 Å². The van der Waals surface area contributed by atoms with Gasteiger partial charge in [-0.2, -0.15) is 4.98 Å². The molecule has 1 heterocycles. The third-order valence-electron chi connectivity index (χ3n) is 4.06. The van der Waals surface area contributed by atoms with Gasteiger partial charge in [-0.3, -0.25) is 4.79 Å². The van der Waals surface area contributed by atoms with Crippen LogP contribution in [0.5, 0.6) is 0 Å². The minimum atomic E-state index is -2.64. The second-order valence-corrected chi connectivity index (χ2v) is 5.87. The van der Waals surface area contributed by atoms with Crippen molar-refractivity contribution in [3.63, 3.8) is 0 Å². The monoisotopic (exact) mass is 333 g/mol. The van der Waals surface area contributed by atoms with Gasteiger partial charge in [0.25, 0.3) is 5.89 Å². The van der Waals surface area contributed by atoms with Gasteiger partial charge in [0, 0.05) is 30.9 Å². The molecule has 1 saturated carbocycles. The standard InChI is InChI=1S/C17H17F2N3O2/c1-2-14(23)20-10-11-3-5-12(6-4-11)16-21-15(22-24-16)13-7-8-17(18,19)9-13/h2-6,13H,1,7-10H2,(H,20,23). The highest BCUT2D eigenvalue weighted by atomic mass is 19.3. The number of nitrogens with one attached hydrogen (secondary N) is 1. The fourth-order valence-electron chi connectivity index (χ4n) is 2.71. The molecule has 3 rings (SSSR count). The summed E-state index contributed by atoms with van der Waals surface area (Å²) >= 11 is 0. The molecule has 24 heavy (non-hydrogen) atoms. The topological polar surface area (TPSA) is 68.0 Å². The molecule has 1 aromatic heterocycles. The van der Waals surface area contributed by atoms with E-state index in [0.29, 0.717) is 30.2 Å². The summed E-state index contributed by atoms with van der Waals surface area (Å²) in [6, 6.07) is 7.23. The van der Waals surface area contributed by atoms with Gasteiger partial charge in [0.05, 0.1) is 0 Å². The summed E-state index contributed by atoms with van der Waals surface area (Å²) in [5.74, 6) is -2.59. The van der Waals surface area contributed by atoms with Crippen LogP contribution >= 0.6 is 0 Å². The zero-order valence-electron chi connectivity index (χ0n) is 13.0. The average molecular weight is 333 g/mol. The zero-order chi connectivity index (χ0) is 17.2. The van der Waals surface area contributed by atoms with E-state index >= 15 is 0 Å². The molecule has 0 bridgehead atoms. The molecule has 1 aliphatic carbocycles. The molecule has 5 nitrogen and oxygen atoms in total. The van der Waals surface area contributed by atoms with Gasteiger partial charge >= 0.3 is 0 Å². The van der Waals surface area contributed by atoms with E-state index < -0.39 is 5.92 Å². The van der Waals surface area contributed by atoms with Crippen LogP contribution in [0.25, 0.3) is 11.5 Å². The summed E-state index contributed by atoms with van der Waals surface area (Å²) in [5.41, 5.74) is 1.61. The van der Waals surface area contributed by atoms with Crippen LogP contribution in [0.4, 0.5) is 8.78 Å². The van der Waals surface area contributed by atoms with Gasteiger partial charge in [0.2, 0.25) is 11.8 Å². The first-order valence-corrected chi connectivity index (χ1v) is 7.68. The Bertz CT molecular complexity index is 741. The van der Waals surface area contributed by atoms with Gasteiger partial charge < -0.3 is 9.84 Å². The maximum absolute atomic E-state index is 13.3. The highest BCUT2D eigenvalue weighted by Gasteiger charge is 2.41. The van der Waals surface area contributed by atoms with Crippen LogP contribution in [0.15, 0.2) is 41.4 Å². The molecule has 126 valence electrons. The number of carbonyl (C=O) groups is 1. The number of aromatic nitrogens is 2. The van der Waals surface area contributed by atoms with Gasteiger partial charge in [-0.15, -0.1) is 0 Å². The molecule has 7 heteroatoms. The van der Waals surface area contributed by atoms with Crippen LogP contribution in [0.3, 0.4) is 0 Å². The molecule has 1 aromatic carbocycles. The summed E-state index contributed by atoms with van der Waals surface area (Å²) in [6.45, 7) is 3.77. The largest absolute Gasteiger partial charge is 0.348 e. The molecule has 1 fully saturated rings. The number of nitrogens with zero attached hydrogens (tertiary/aromatic N) is 2. The molecule has 1 unspecified atom stereocenters. The summed E-state index contributed by atoms with van der Waals surface area (Å²) in [7, 11) is 0. The number of carbonyl (C=O) groups excluding carboxylic acids is 1. The maximum atomic E-state index is 13.3. The van der Waals surface area contributed by atoms with Gasteiger partial charge in [-0.1, -0.05) is 23.9 Å². The highest BCUT2D eigenvalue weighted by molar-refractivity contribution is 5.86. The second-order valence-electron chi connectivity index (χ2n) is 5.87. The average Bonchev–Trinajstić information content (AvgIpc) is 3.19. The van der Waals surface area contributed by atoms with Crippen molar-refractivity contribution in [2.45, 2.75) is 37.6 Å². The minimum Gasteiger partial charge on any atom is -0.348 e. The minimum absolute atomic E-state index is 0.132. The van der Waals surface area contributed by atoms with Crippen molar-refractivity contribution in [2.75, 3.05) is 0 Å². The van der Waals surface area contributed by atoms with E-state index in [1.165, 1.54) is 6.08 Å². The van der Waals surface area contributed by atoms with Crippen LogP contribution in [0, 0.1) is 0 Å². The van der Waals surface area contributed by atoms with Crippen molar-refractivity contribution in [3.05, 3.63) is 48.3 Å². The Morgan fingerprint density at radius 3 is 2.79 bits per heavy atom. The molecule has 1 aliphatic rings. The lowest BCUT2D eigenvalue weighted by atomic mass is 10.1. The second kappa shape index (κ2) is 6.51. The molecule has 1 amide bonds. The first-order chi connectivity index (χ1) is 11.5. The summed E-state index contributed by atoms with van der Waals surface area (Å²) in [4.78, 5) is 15.4. The number of hydrogen-bond donors (Lipinski definition) is 1. The third-order valence-corrected chi connectivity index (χ3v) is 4.06. The number of rotatable bonds is 5. The first kappa shape index (κ1) is 16.3. The van der Waals surface area contributed by atoms with Crippen LogP contribution < -0.4 is 5.32 Å². The van der Waals surface area contributed by atoms with Crippen molar-refractivity contribution in [2.24, 2.45) is 0 Å². The molecule has 0 spiro atoms. The van der Waals surface area contributed by atoms with E-state index in [4.69, 9.17) is 4.52 Å². The maximum Gasteiger partial charge on any atom is 0.257 e. The lowest BCUT2D eigenvalue weighted by Crippen LogP contribution is -2.19. The number of hydrogen-bond acceptors (Lipinski definition) is 4. The molecule has 1 atom stereocenters. The smallest absolute Gasteiger partial charge is 0.257 e. The summed E-state index contributed by atoms with van der Waals surface area (Å²) in [5, 5.41) is 6.52. The lowest BCUT2D eigenvalue weighted by Gasteiger charge is -2.06. The Morgan fingerprint density at radius 1 is 1.42 bits per heavy atom. The molecular weight excluding hydrogens is 316 g/mol. The van der Waals surface area contributed by atoms with Gasteiger partial charge in [-0.05, 0) is 30.2 Å². The number of alkyl halides is 2. The number of halogens is 2. The van der Waals surface area contributed by atoms with Crippen molar-refractivity contribution in [1.82, 2.24) is 15.5 Å². The van der Waals surface area contributed by atoms with Crippen LogP contribution in [0.2, 0.25) is 0 Å². The predicted octanol–water partition coefficient (Wildman–Crippen LogP) is 3.44. The Kier molecular flexibility index (Phi) is 4.42. The van der Waals surface area contributed by atoms with Crippen molar-refractivity contribution >= 4 is 5.91 Å². The molecule has 0 saturated heterocycles. The zero-order valence-corrected chi connectivity index (χ0v) is 13.0. The van der Waals surface area contributed by atoms with E-state index in [2.05, 4.69) is 22.0 Å². The van der Waals surface area contributed by atoms with Crippen LogP contribution in [0.1, 0.15) is 36.6 Å². The Morgan fingerprint density at radius 2 is 2.17 bits per heavy atom. The van der Waals surface area contributed by atoms with E-state index in [9.17, 15) is 13.6 Å². The summed E-state index contributed by atoms with van der Waals surface area (Å²) < 4.78 is 31.8. The van der Waals surface area contributed by atoms with Crippen LogP contribution in [-0.4, -0.2) is 22.0 Å². The molecule has 0 aliphatic heterocycles. The Hall–Kier alpha value is -2.57. The van der Waals surface area contributed by atoms with E-state index in [1.807, 2.05) is 12.1 Å². The SMILES string of the molecule is C=CC(=O)NCc1ccc(-c2nc(C3CCC(F)(F)C3)no2)cc1. The Balaban J connectivity index is 1.67. The highest BCUT2D eigenvalue weighted by Crippen LogP contribution is 2.43. The van der Waals surface area contributed by atoms with E-state index in [-0.39, 0.29) is 24.7 Å². The van der Waals surface area contributed by atoms with Crippen molar-refractivity contribution in [1.29, 1.82) is 0 Å². The fourth-order valence-corrected chi connectivity index (χ4v) is 2.71. The fraction of sp³-hybridized carbons (Fsp3) is 0.353. The van der Waals surface area contributed by atoms with Gasteiger partial charge in [0.1, 0.15) is 0 Å². The Labute approximate surface area is 137 Å². The molecule has 2 aromatic rings. The molecular formula is C17H17F2N3O2. The number of amides is 1. The quantitative estimate of drug-likeness (QED) is 0.851. The van der Waals surface area contributed by atoms with Gasteiger partial charge in [-0.25, -0.2) is 8.78 Å². The normalized spacial score (nSPS) is 19.2.